The molecule has 0 aliphatic rings. The SMILES string of the molecule is CCN(C(=O)CC(N)c1ccccc1)C(C)c1cc2ccccc2o1.Cl. The van der Waals surface area contributed by atoms with Gasteiger partial charge in [0.1, 0.15) is 11.3 Å². The quantitative estimate of drug-likeness (QED) is 0.672. The first kappa shape index (κ1) is 20.0. The molecule has 0 aliphatic heterocycles. The number of furan rings is 1. The Balaban J connectivity index is 0.00000243. The molecule has 1 aromatic heterocycles. The summed E-state index contributed by atoms with van der Waals surface area (Å²) in [4.78, 5) is 14.6. The fourth-order valence-electron chi connectivity index (χ4n) is 3.15. The largest absolute Gasteiger partial charge is 0.459 e. The second-order valence-corrected chi connectivity index (χ2v) is 6.26. The molecule has 0 saturated carbocycles. The minimum Gasteiger partial charge on any atom is -0.459 e. The Morgan fingerprint density at radius 3 is 2.42 bits per heavy atom. The van der Waals surface area contributed by atoms with E-state index in [1.807, 2.05) is 79.4 Å². The van der Waals surface area contributed by atoms with Crippen LogP contribution in [0, 0.1) is 0 Å². The molecule has 2 aromatic carbocycles. The molecule has 2 unspecified atom stereocenters. The standard InChI is InChI=1S/C21H24N2O2.ClH/c1-3-23(21(24)14-18(22)16-9-5-4-6-10-16)15(2)20-13-17-11-7-8-12-19(17)25-20;/h4-13,15,18H,3,14,22H2,1-2H3;1H. The Morgan fingerprint density at radius 2 is 1.77 bits per heavy atom. The lowest BCUT2D eigenvalue weighted by atomic mass is 10.0. The van der Waals surface area contributed by atoms with Crippen LogP contribution in [0.3, 0.4) is 0 Å². The van der Waals surface area contributed by atoms with E-state index < -0.39 is 0 Å². The van der Waals surface area contributed by atoms with Crippen LogP contribution in [0.2, 0.25) is 0 Å². The Bertz CT molecular complexity index is 814. The number of nitrogens with zero attached hydrogens (tertiary/aromatic N) is 1. The summed E-state index contributed by atoms with van der Waals surface area (Å²) in [5.41, 5.74) is 8.03. The smallest absolute Gasteiger partial charge is 0.225 e. The lowest BCUT2D eigenvalue weighted by molar-refractivity contribution is -0.133. The Labute approximate surface area is 160 Å². The molecule has 3 rings (SSSR count). The number of fused-ring (bicyclic) bond motifs is 1. The molecule has 5 heteroatoms. The summed E-state index contributed by atoms with van der Waals surface area (Å²) >= 11 is 0. The lowest BCUT2D eigenvalue weighted by Crippen LogP contribution is -2.35. The number of benzene rings is 2. The molecule has 0 radical (unpaired) electrons. The van der Waals surface area contributed by atoms with E-state index in [0.717, 1.165) is 22.3 Å². The van der Waals surface area contributed by atoms with E-state index in [0.29, 0.717) is 6.54 Å². The third kappa shape index (κ3) is 4.26. The zero-order valence-corrected chi connectivity index (χ0v) is 15.9. The minimum atomic E-state index is -0.300. The van der Waals surface area contributed by atoms with Crippen LogP contribution in [-0.4, -0.2) is 17.4 Å². The van der Waals surface area contributed by atoms with Gasteiger partial charge in [-0.3, -0.25) is 4.79 Å². The van der Waals surface area contributed by atoms with Crippen LogP contribution < -0.4 is 5.73 Å². The van der Waals surface area contributed by atoms with Crippen LogP contribution in [0.1, 0.15) is 43.7 Å². The van der Waals surface area contributed by atoms with Crippen molar-refractivity contribution in [3.8, 4) is 0 Å². The monoisotopic (exact) mass is 372 g/mol. The highest BCUT2D eigenvalue weighted by atomic mass is 35.5. The average Bonchev–Trinajstić information content (AvgIpc) is 3.07. The first-order valence-corrected chi connectivity index (χ1v) is 8.68. The van der Waals surface area contributed by atoms with E-state index in [2.05, 4.69) is 0 Å². The maximum Gasteiger partial charge on any atom is 0.225 e. The van der Waals surface area contributed by atoms with E-state index in [1.54, 1.807) is 0 Å². The van der Waals surface area contributed by atoms with Crippen LogP contribution in [0.15, 0.2) is 65.1 Å². The predicted octanol–water partition coefficient (Wildman–Crippen LogP) is 4.85. The Morgan fingerprint density at radius 1 is 1.12 bits per heavy atom. The third-order valence-corrected chi connectivity index (χ3v) is 4.61. The van der Waals surface area contributed by atoms with E-state index in [1.165, 1.54) is 0 Å². The van der Waals surface area contributed by atoms with Gasteiger partial charge in [-0.05, 0) is 31.5 Å². The zero-order chi connectivity index (χ0) is 17.8. The molecule has 0 saturated heterocycles. The van der Waals surface area contributed by atoms with E-state index >= 15 is 0 Å². The number of amides is 1. The molecule has 1 amide bonds. The number of hydrogen-bond donors (Lipinski definition) is 1. The average molecular weight is 373 g/mol. The molecule has 3 aromatic rings. The molecule has 1 heterocycles. The minimum absolute atomic E-state index is 0. The third-order valence-electron chi connectivity index (χ3n) is 4.61. The normalized spacial score (nSPS) is 13.0. The molecular formula is C21H25ClN2O2. The summed E-state index contributed by atoms with van der Waals surface area (Å²) in [5.74, 6) is 0.830. The number of carbonyl (C=O) groups excluding carboxylic acids is 1. The van der Waals surface area contributed by atoms with Gasteiger partial charge >= 0.3 is 0 Å². The van der Waals surface area contributed by atoms with Crippen molar-refractivity contribution in [2.45, 2.75) is 32.4 Å². The summed E-state index contributed by atoms with van der Waals surface area (Å²) < 4.78 is 5.93. The van der Waals surface area contributed by atoms with E-state index in [9.17, 15) is 4.79 Å². The second-order valence-electron chi connectivity index (χ2n) is 6.26. The van der Waals surface area contributed by atoms with Gasteiger partial charge in [0.25, 0.3) is 0 Å². The fraction of sp³-hybridized carbons (Fsp3) is 0.286. The Hall–Kier alpha value is -2.30. The molecule has 26 heavy (non-hydrogen) atoms. The van der Waals surface area contributed by atoms with Crippen molar-refractivity contribution in [2.24, 2.45) is 5.73 Å². The van der Waals surface area contributed by atoms with Crippen LogP contribution in [0.5, 0.6) is 0 Å². The van der Waals surface area contributed by atoms with Crippen molar-refractivity contribution in [3.05, 3.63) is 72.0 Å². The van der Waals surface area contributed by atoms with Crippen molar-refractivity contribution in [2.75, 3.05) is 6.54 Å². The van der Waals surface area contributed by atoms with E-state index in [4.69, 9.17) is 10.2 Å². The summed E-state index contributed by atoms with van der Waals surface area (Å²) in [6.45, 7) is 4.58. The number of nitrogens with two attached hydrogens (primary N) is 1. The Kier molecular flexibility index (Phi) is 6.83. The van der Waals surface area contributed by atoms with Crippen LogP contribution in [0.25, 0.3) is 11.0 Å². The molecule has 0 fully saturated rings. The predicted molar refractivity (Wildman–Crippen MR) is 107 cm³/mol. The van der Waals surface area contributed by atoms with Crippen molar-refractivity contribution < 1.29 is 9.21 Å². The van der Waals surface area contributed by atoms with Gasteiger partial charge in [-0.1, -0.05) is 48.5 Å². The summed E-state index contributed by atoms with van der Waals surface area (Å²) in [5, 5.41) is 1.05. The van der Waals surface area contributed by atoms with Gasteiger partial charge in [-0.2, -0.15) is 0 Å². The van der Waals surface area contributed by atoms with Gasteiger partial charge in [0.05, 0.1) is 6.04 Å². The summed E-state index contributed by atoms with van der Waals surface area (Å²) in [6.07, 6.45) is 0.280. The van der Waals surface area contributed by atoms with Gasteiger partial charge in [0, 0.05) is 24.4 Å². The van der Waals surface area contributed by atoms with Crippen molar-refractivity contribution in [1.82, 2.24) is 4.90 Å². The highest BCUT2D eigenvalue weighted by Gasteiger charge is 2.24. The molecule has 0 spiro atoms. The maximum atomic E-state index is 12.8. The summed E-state index contributed by atoms with van der Waals surface area (Å²) in [7, 11) is 0. The maximum absolute atomic E-state index is 12.8. The first-order chi connectivity index (χ1) is 12.1. The van der Waals surface area contributed by atoms with Crippen molar-refractivity contribution >= 4 is 29.3 Å². The molecule has 2 N–H and O–H groups in total. The molecule has 0 aliphatic carbocycles. The molecule has 4 nitrogen and oxygen atoms in total. The second kappa shape index (κ2) is 8.88. The summed E-state index contributed by atoms with van der Waals surface area (Å²) in [6, 6.07) is 19.2. The van der Waals surface area contributed by atoms with Crippen molar-refractivity contribution in [3.63, 3.8) is 0 Å². The van der Waals surface area contributed by atoms with Crippen LogP contribution >= 0.6 is 12.4 Å². The van der Waals surface area contributed by atoms with Crippen molar-refractivity contribution in [1.29, 1.82) is 0 Å². The molecule has 2 atom stereocenters. The highest BCUT2D eigenvalue weighted by Crippen LogP contribution is 2.28. The number of hydrogen-bond acceptors (Lipinski definition) is 3. The van der Waals surface area contributed by atoms with E-state index in [-0.39, 0.29) is 36.8 Å². The first-order valence-electron chi connectivity index (χ1n) is 8.68. The molecular weight excluding hydrogens is 348 g/mol. The molecule has 138 valence electrons. The number of rotatable bonds is 6. The number of carbonyl (C=O) groups is 1. The van der Waals surface area contributed by atoms with Gasteiger partial charge < -0.3 is 15.1 Å². The highest BCUT2D eigenvalue weighted by molar-refractivity contribution is 5.85. The lowest BCUT2D eigenvalue weighted by Gasteiger charge is -2.28. The topological polar surface area (TPSA) is 59.5 Å². The van der Waals surface area contributed by atoms with Gasteiger partial charge in [-0.15, -0.1) is 12.4 Å². The van der Waals surface area contributed by atoms with Crippen LogP contribution in [0.4, 0.5) is 0 Å². The van der Waals surface area contributed by atoms with Crippen LogP contribution in [-0.2, 0) is 4.79 Å². The number of halogens is 1. The number of para-hydroxylation sites is 1. The fourth-order valence-corrected chi connectivity index (χ4v) is 3.15. The van der Waals surface area contributed by atoms with Gasteiger partial charge in [0.2, 0.25) is 5.91 Å². The van der Waals surface area contributed by atoms with Gasteiger partial charge in [-0.25, -0.2) is 0 Å². The molecule has 0 bridgehead atoms. The zero-order valence-electron chi connectivity index (χ0n) is 15.1. The van der Waals surface area contributed by atoms with Gasteiger partial charge in [0.15, 0.2) is 0 Å².